The molecule has 5 heteroatoms. The highest BCUT2D eigenvalue weighted by molar-refractivity contribution is 5.79. The van der Waals surface area contributed by atoms with Gasteiger partial charge in [0.05, 0.1) is 12.0 Å². The first-order chi connectivity index (χ1) is 11.7. The molecule has 0 aliphatic carbocycles. The molecule has 0 aromatic heterocycles. The maximum absolute atomic E-state index is 11.8. The minimum Gasteiger partial charge on any atom is -0.548 e. The minimum atomic E-state index is -1.35. The molecule has 2 aromatic carbocycles. The van der Waals surface area contributed by atoms with Crippen molar-refractivity contribution in [2.24, 2.45) is 0 Å². The van der Waals surface area contributed by atoms with Crippen LogP contribution in [-0.4, -0.2) is 23.7 Å². The van der Waals surface area contributed by atoms with Crippen molar-refractivity contribution in [3.05, 3.63) is 60.2 Å². The SMILES string of the molecule is CC(C)(C)OC(=O)N[C@@H](Cc1ccc(-c2ccccc2)cc1)C(=O)[O-]. The first-order valence-corrected chi connectivity index (χ1v) is 8.09. The zero-order chi connectivity index (χ0) is 18.4. The Morgan fingerprint density at radius 3 is 2.08 bits per heavy atom. The Labute approximate surface area is 147 Å². The molecule has 1 N–H and O–H groups in total. The highest BCUT2D eigenvalue weighted by atomic mass is 16.6. The van der Waals surface area contributed by atoms with Gasteiger partial charge in [-0.3, -0.25) is 0 Å². The van der Waals surface area contributed by atoms with E-state index < -0.39 is 23.7 Å². The first kappa shape index (κ1) is 18.5. The van der Waals surface area contributed by atoms with Gasteiger partial charge in [0, 0.05) is 0 Å². The van der Waals surface area contributed by atoms with Crippen molar-refractivity contribution in [1.82, 2.24) is 5.32 Å². The second-order valence-corrected chi connectivity index (χ2v) is 6.78. The van der Waals surface area contributed by atoms with Crippen molar-refractivity contribution in [3.63, 3.8) is 0 Å². The molecule has 0 spiro atoms. The van der Waals surface area contributed by atoms with Gasteiger partial charge in [-0.15, -0.1) is 0 Å². The van der Waals surface area contributed by atoms with Crippen molar-refractivity contribution in [2.45, 2.75) is 38.8 Å². The predicted molar refractivity (Wildman–Crippen MR) is 93.7 cm³/mol. The third-order valence-corrected chi connectivity index (χ3v) is 3.48. The van der Waals surface area contributed by atoms with Gasteiger partial charge in [0.1, 0.15) is 5.60 Å². The van der Waals surface area contributed by atoms with Gasteiger partial charge in [0.2, 0.25) is 0 Å². The summed E-state index contributed by atoms with van der Waals surface area (Å²) in [6, 6.07) is 16.2. The maximum Gasteiger partial charge on any atom is 0.408 e. The summed E-state index contributed by atoms with van der Waals surface area (Å²) in [5, 5.41) is 13.7. The summed E-state index contributed by atoms with van der Waals surface area (Å²) in [4.78, 5) is 23.1. The van der Waals surface area contributed by atoms with Crippen molar-refractivity contribution in [2.75, 3.05) is 0 Å². The smallest absolute Gasteiger partial charge is 0.408 e. The molecule has 1 atom stereocenters. The fourth-order valence-electron chi connectivity index (χ4n) is 2.34. The molecule has 0 saturated heterocycles. The van der Waals surface area contributed by atoms with Gasteiger partial charge < -0.3 is 20.0 Å². The molecule has 1 amide bonds. The lowest BCUT2D eigenvalue weighted by Gasteiger charge is -2.24. The van der Waals surface area contributed by atoms with Crippen molar-refractivity contribution < 1.29 is 19.4 Å². The Morgan fingerprint density at radius 2 is 1.56 bits per heavy atom. The number of hydrogen-bond donors (Lipinski definition) is 1. The largest absolute Gasteiger partial charge is 0.548 e. The highest BCUT2D eigenvalue weighted by Crippen LogP contribution is 2.19. The first-order valence-electron chi connectivity index (χ1n) is 8.09. The summed E-state index contributed by atoms with van der Waals surface area (Å²) in [6.07, 6.45) is -0.654. The number of carbonyl (C=O) groups is 2. The zero-order valence-electron chi connectivity index (χ0n) is 14.6. The monoisotopic (exact) mass is 340 g/mol. The third kappa shape index (κ3) is 5.95. The van der Waals surface area contributed by atoms with E-state index in [1.165, 1.54) is 0 Å². The van der Waals surface area contributed by atoms with E-state index in [4.69, 9.17) is 4.74 Å². The molecule has 0 heterocycles. The number of carboxylic acids is 1. The van der Waals surface area contributed by atoms with Crippen molar-refractivity contribution in [1.29, 1.82) is 0 Å². The number of rotatable bonds is 5. The van der Waals surface area contributed by atoms with E-state index in [0.29, 0.717) is 0 Å². The molecule has 0 bridgehead atoms. The lowest BCUT2D eigenvalue weighted by atomic mass is 10.0. The average Bonchev–Trinajstić information content (AvgIpc) is 2.54. The van der Waals surface area contributed by atoms with E-state index in [-0.39, 0.29) is 6.42 Å². The summed E-state index contributed by atoms with van der Waals surface area (Å²) >= 11 is 0. The number of carbonyl (C=O) groups excluding carboxylic acids is 2. The maximum atomic E-state index is 11.8. The fraction of sp³-hybridized carbons (Fsp3) is 0.300. The summed E-state index contributed by atoms with van der Waals surface area (Å²) in [5.41, 5.74) is 2.20. The Balaban J connectivity index is 2.04. The Kier molecular flexibility index (Phi) is 5.80. The number of hydrogen-bond acceptors (Lipinski definition) is 4. The molecule has 0 saturated carbocycles. The molecule has 0 unspecified atom stereocenters. The highest BCUT2D eigenvalue weighted by Gasteiger charge is 2.20. The Morgan fingerprint density at radius 1 is 1.00 bits per heavy atom. The Hall–Kier alpha value is -2.82. The van der Waals surface area contributed by atoms with E-state index in [0.717, 1.165) is 16.7 Å². The fourth-order valence-corrected chi connectivity index (χ4v) is 2.34. The van der Waals surface area contributed by atoms with Crippen LogP contribution < -0.4 is 10.4 Å². The lowest BCUT2D eigenvalue weighted by molar-refractivity contribution is -0.308. The molecule has 0 radical (unpaired) electrons. The summed E-state index contributed by atoms with van der Waals surface area (Å²) < 4.78 is 5.09. The number of aliphatic carboxylic acids is 1. The van der Waals surface area contributed by atoms with Crippen molar-refractivity contribution in [3.8, 4) is 11.1 Å². The van der Waals surface area contributed by atoms with E-state index in [1.54, 1.807) is 20.8 Å². The molecule has 0 aliphatic rings. The van der Waals surface area contributed by atoms with Gasteiger partial charge >= 0.3 is 6.09 Å². The molecule has 0 aliphatic heterocycles. The Bertz CT molecular complexity index is 718. The van der Waals surface area contributed by atoms with E-state index in [9.17, 15) is 14.7 Å². The summed E-state index contributed by atoms with van der Waals surface area (Å²) in [7, 11) is 0. The zero-order valence-corrected chi connectivity index (χ0v) is 14.6. The molecule has 2 aromatic rings. The number of nitrogens with one attached hydrogen (secondary N) is 1. The standard InChI is InChI=1S/C20H23NO4/c1-20(2,3)25-19(24)21-17(18(22)23)13-14-9-11-16(12-10-14)15-7-5-4-6-8-15/h4-12,17H,13H2,1-3H3,(H,21,24)(H,22,23)/p-1/t17-/m0/s1. The van der Waals surface area contributed by atoms with Gasteiger partial charge in [0.25, 0.3) is 0 Å². The van der Waals surface area contributed by atoms with Gasteiger partial charge in [-0.1, -0.05) is 54.6 Å². The van der Waals surface area contributed by atoms with Crippen LogP contribution >= 0.6 is 0 Å². The number of ether oxygens (including phenoxy) is 1. The van der Waals surface area contributed by atoms with Crippen LogP contribution in [0.3, 0.4) is 0 Å². The van der Waals surface area contributed by atoms with Gasteiger partial charge in [-0.25, -0.2) is 4.79 Å². The van der Waals surface area contributed by atoms with E-state index in [1.807, 2.05) is 54.6 Å². The van der Waals surface area contributed by atoms with Crippen LogP contribution in [0.1, 0.15) is 26.3 Å². The van der Waals surface area contributed by atoms with Crippen LogP contribution in [-0.2, 0) is 16.0 Å². The van der Waals surface area contributed by atoms with Crippen molar-refractivity contribution >= 4 is 12.1 Å². The van der Waals surface area contributed by atoms with Crippen LogP contribution in [0, 0.1) is 0 Å². The van der Waals surface area contributed by atoms with E-state index >= 15 is 0 Å². The second-order valence-electron chi connectivity index (χ2n) is 6.78. The van der Waals surface area contributed by atoms with Gasteiger partial charge in [-0.05, 0) is 43.9 Å². The number of benzene rings is 2. The average molecular weight is 340 g/mol. The minimum absolute atomic E-state index is 0.122. The topological polar surface area (TPSA) is 78.5 Å². The number of carboxylic acid groups (broad SMARTS) is 1. The molecule has 25 heavy (non-hydrogen) atoms. The van der Waals surface area contributed by atoms with Crippen LogP contribution in [0.2, 0.25) is 0 Å². The summed E-state index contributed by atoms with van der Waals surface area (Å²) in [6.45, 7) is 5.13. The van der Waals surface area contributed by atoms with Crippen LogP contribution in [0.5, 0.6) is 0 Å². The number of amides is 1. The third-order valence-electron chi connectivity index (χ3n) is 3.48. The molecule has 5 nitrogen and oxygen atoms in total. The van der Waals surface area contributed by atoms with Gasteiger partial charge in [0.15, 0.2) is 0 Å². The lowest BCUT2D eigenvalue weighted by Crippen LogP contribution is -2.50. The molecule has 0 fully saturated rings. The van der Waals surface area contributed by atoms with E-state index in [2.05, 4.69) is 5.32 Å². The number of alkyl carbamates (subject to hydrolysis) is 1. The normalized spacial score (nSPS) is 12.3. The molecule has 132 valence electrons. The van der Waals surface area contributed by atoms with Crippen LogP contribution in [0.25, 0.3) is 11.1 Å². The summed E-state index contributed by atoms with van der Waals surface area (Å²) in [5.74, 6) is -1.35. The van der Waals surface area contributed by atoms with Crippen LogP contribution in [0.15, 0.2) is 54.6 Å². The molecular formula is C20H22NO4-. The second kappa shape index (κ2) is 7.83. The van der Waals surface area contributed by atoms with Crippen LogP contribution in [0.4, 0.5) is 4.79 Å². The quantitative estimate of drug-likeness (QED) is 0.907. The molecular weight excluding hydrogens is 318 g/mol. The molecule has 2 rings (SSSR count). The predicted octanol–water partition coefficient (Wildman–Crippen LogP) is 2.54. The van der Waals surface area contributed by atoms with Gasteiger partial charge in [-0.2, -0.15) is 0 Å².